The molecule has 0 radical (unpaired) electrons. The summed E-state index contributed by atoms with van der Waals surface area (Å²) in [5.41, 5.74) is 0. The first-order valence-corrected chi connectivity index (χ1v) is 41.5. The van der Waals surface area contributed by atoms with Crippen LogP contribution >= 0.6 is 15.6 Å². The zero-order valence-corrected chi connectivity index (χ0v) is 63.5. The number of carbonyl (C=O) groups is 4. The van der Waals surface area contributed by atoms with Crippen molar-refractivity contribution < 1.29 is 80.2 Å². The van der Waals surface area contributed by atoms with Crippen LogP contribution in [0.4, 0.5) is 0 Å². The van der Waals surface area contributed by atoms with Crippen molar-refractivity contribution >= 4 is 39.5 Å². The van der Waals surface area contributed by atoms with E-state index in [4.69, 9.17) is 37.0 Å². The smallest absolute Gasteiger partial charge is 0.462 e. The zero-order chi connectivity index (χ0) is 71.8. The van der Waals surface area contributed by atoms with E-state index in [1.807, 2.05) is 0 Å². The van der Waals surface area contributed by atoms with Gasteiger partial charge in [0.15, 0.2) is 12.2 Å². The van der Waals surface area contributed by atoms with Gasteiger partial charge in [0.25, 0.3) is 0 Å². The summed E-state index contributed by atoms with van der Waals surface area (Å²) in [5, 5.41) is 10.6. The number of esters is 4. The number of rotatable bonds is 72. The summed E-state index contributed by atoms with van der Waals surface area (Å²) in [4.78, 5) is 72.8. The fourth-order valence-electron chi connectivity index (χ4n) is 10.3. The van der Waals surface area contributed by atoms with E-state index in [-0.39, 0.29) is 25.7 Å². The number of aliphatic hydroxyl groups excluding tert-OH is 1. The summed E-state index contributed by atoms with van der Waals surface area (Å²) in [7, 11) is -9.95. The van der Waals surface area contributed by atoms with Gasteiger partial charge in [-0.05, 0) is 103 Å². The number of unbranched alkanes of at least 4 members (excludes halogenated alkanes) is 30. The number of phosphoric acid groups is 2. The molecule has 0 aromatic carbocycles. The summed E-state index contributed by atoms with van der Waals surface area (Å²) in [5.74, 6) is -2.21. The first-order chi connectivity index (χ1) is 47.7. The molecule has 5 unspecified atom stereocenters. The van der Waals surface area contributed by atoms with Crippen molar-refractivity contribution in [3.05, 3.63) is 97.2 Å². The molecule has 566 valence electrons. The van der Waals surface area contributed by atoms with Crippen LogP contribution in [0.25, 0.3) is 0 Å². The topological polar surface area (TPSA) is 237 Å². The highest BCUT2D eigenvalue weighted by molar-refractivity contribution is 7.47. The zero-order valence-electron chi connectivity index (χ0n) is 61.7. The highest BCUT2D eigenvalue weighted by Gasteiger charge is 2.30. The highest BCUT2D eigenvalue weighted by atomic mass is 31.2. The Morgan fingerprint density at radius 2 is 0.531 bits per heavy atom. The van der Waals surface area contributed by atoms with Crippen molar-refractivity contribution in [2.45, 2.75) is 341 Å². The minimum atomic E-state index is -4.98. The maximum absolute atomic E-state index is 13.1. The summed E-state index contributed by atoms with van der Waals surface area (Å²) in [6.45, 7) is 4.61. The molecule has 0 aromatic rings. The molecule has 0 saturated carbocycles. The van der Waals surface area contributed by atoms with Crippen LogP contribution in [0.1, 0.15) is 323 Å². The molecule has 0 aliphatic rings. The van der Waals surface area contributed by atoms with Gasteiger partial charge in [-0.1, -0.05) is 292 Å². The molecule has 0 amide bonds. The van der Waals surface area contributed by atoms with Crippen molar-refractivity contribution in [1.82, 2.24) is 0 Å². The highest BCUT2D eigenvalue weighted by Crippen LogP contribution is 2.45. The third-order valence-electron chi connectivity index (χ3n) is 16.1. The largest absolute Gasteiger partial charge is 0.472 e. The van der Waals surface area contributed by atoms with Gasteiger partial charge in [-0.2, -0.15) is 0 Å². The maximum atomic E-state index is 13.1. The maximum Gasteiger partial charge on any atom is 0.472 e. The SMILES string of the molecule is CC/C=C\C/C=C\C/C=C\C/C=C\C/C=C\CCCCCC(=O)OCC(COP(=O)(O)OCC(O)COP(=O)(O)OCC(COC(=O)CCCCCCC/C=C\C/C=C\C/C=C\CC)OC(=O)CCCCCCCCCCCCCCC)OC(=O)CCCCCCCCCCCCC. The lowest BCUT2D eigenvalue weighted by Crippen LogP contribution is -2.30. The molecule has 0 fully saturated rings. The van der Waals surface area contributed by atoms with E-state index in [9.17, 15) is 43.2 Å². The molecule has 0 aliphatic carbocycles. The number of carbonyl (C=O) groups excluding carboxylic acids is 4. The number of hydrogen-bond acceptors (Lipinski definition) is 15. The van der Waals surface area contributed by atoms with Crippen molar-refractivity contribution in [3.8, 4) is 0 Å². The van der Waals surface area contributed by atoms with Gasteiger partial charge in [0, 0.05) is 25.7 Å². The van der Waals surface area contributed by atoms with Crippen molar-refractivity contribution in [1.29, 1.82) is 0 Å². The normalized spacial score (nSPS) is 14.5. The molecule has 5 atom stereocenters. The van der Waals surface area contributed by atoms with Crippen LogP contribution in [0.15, 0.2) is 97.2 Å². The van der Waals surface area contributed by atoms with Gasteiger partial charge in [0.2, 0.25) is 0 Å². The molecule has 0 spiro atoms. The van der Waals surface area contributed by atoms with Crippen LogP contribution in [-0.4, -0.2) is 96.7 Å². The Kier molecular flexibility index (Phi) is 68.4. The third-order valence-corrected chi connectivity index (χ3v) is 18.0. The first kappa shape index (κ1) is 94.0. The molecular formula is C79H138O17P2. The van der Waals surface area contributed by atoms with Crippen molar-refractivity contribution in [2.24, 2.45) is 0 Å². The molecule has 19 heteroatoms. The van der Waals surface area contributed by atoms with Crippen LogP contribution in [0.5, 0.6) is 0 Å². The number of aliphatic hydroxyl groups is 1. The van der Waals surface area contributed by atoms with Gasteiger partial charge >= 0.3 is 39.5 Å². The molecule has 0 saturated heterocycles. The van der Waals surface area contributed by atoms with Gasteiger partial charge in [0.1, 0.15) is 19.3 Å². The average molecular weight is 1420 g/mol. The van der Waals surface area contributed by atoms with E-state index in [0.717, 1.165) is 154 Å². The van der Waals surface area contributed by atoms with Crippen LogP contribution < -0.4 is 0 Å². The second-order valence-corrected chi connectivity index (χ2v) is 28.5. The second kappa shape index (κ2) is 71.4. The van der Waals surface area contributed by atoms with E-state index < -0.39 is 97.5 Å². The van der Waals surface area contributed by atoms with Gasteiger partial charge in [-0.15, -0.1) is 0 Å². The van der Waals surface area contributed by atoms with Gasteiger partial charge < -0.3 is 33.8 Å². The number of hydrogen-bond donors (Lipinski definition) is 3. The van der Waals surface area contributed by atoms with E-state index in [0.29, 0.717) is 25.7 Å². The summed E-state index contributed by atoms with van der Waals surface area (Å²) in [6.07, 6.45) is 74.0. The lowest BCUT2D eigenvalue weighted by Gasteiger charge is -2.21. The summed E-state index contributed by atoms with van der Waals surface area (Å²) >= 11 is 0. The fraction of sp³-hybridized carbons (Fsp3) is 0.747. The Morgan fingerprint density at radius 3 is 0.827 bits per heavy atom. The second-order valence-electron chi connectivity index (χ2n) is 25.5. The number of allylic oxidation sites excluding steroid dienone is 16. The van der Waals surface area contributed by atoms with Crippen LogP contribution in [0.3, 0.4) is 0 Å². The van der Waals surface area contributed by atoms with Gasteiger partial charge in [-0.3, -0.25) is 37.3 Å². The molecular weight excluding hydrogens is 1280 g/mol. The van der Waals surface area contributed by atoms with Gasteiger partial charge in [0.05, 0.1) is 26.4 Å². The summed E-state index contributed by atoms with van der Waals surface area (Å²) in [6, 6.07) is 0. The predicted octanol–water partition coefficient (Wildman–Crippen LogP) is 22.0. The van der Waals surface area contributed by atoms with Gasteiger partial charge in [-0.25, -0.2) is 9.13 Å². The molecule has 0 aromatic heterocycles. The minimum Gasteiger partial charge on any atom is -0.462 e. The lowest BCUT2D eigenvalue weighted by molar-refractivity contribution is -0.161. The third kappa shape index (κ3) is 70.4. The van der Waals surface area contributed by atoms with Crippen LogP contribution in [0.2, 0.25) is 0 Å². The molecule has 0 bridgehead atoms. The standard InChI is InChI=1S/C79H138O17P2/c1-5-9-13-17-21-25-29-32-34-35-36-37-39-42-45-48-52-56-60-64-77(82)89-69-74(95-78(83)65-61-57-53-49-43-28-24-20-16-12-8-4)71-93-97(85,86)91-67-73(80)68-92-98(87,88)94-72-75(96-79(84)66-62-58-54-50-46-40-31-27-23-19-15-11-7-3)70-90-76(81)63-59-55-51-47-44-41-38-33-30-26-22-18-14-10-6-2/h9-10,13-14,21-22,25-26,32-34,36-38,42,45,73-75,80H,5-8,11-12,15-20,23-24,27-31,35,39-41,43-44,46-72H2,1-4H3,(H,85,86)(H,87,88)/b13-9-,14-10-,25-21-,26-22-,34-32-,37-36-,38-33-,45-42-. The van der Waals surface area contributed by atoms with Crippen LogP contribution in [-0.2, 0) is 65.4 Å². The Hall–Kier alpha value is -4.02. The van der Waals surface area contributed by atoms with Crippen LogP contribution in [0, 0.1) is 0 Å². The number of phosphoric ester groups is 2. The Labute approximate surface area is 595 Å². The average Bonchev–Trinajstić information content (AvgIpc) is 1.00. The van der Waals surface area contributed by atoms with Crippen molar-refractivity contribution in [3.63, 3.8) is 0 Å². The molecule has 0 heterocycles. The van der Waals surface area contributed by atoms with Crippen molar-refractivity contribution in [2.75, 3.05) is 39.6 Å². The first-order valence-electron chi connectivity index (χ1n) is 38.5. The molecule has 0 rings (SSSR count). The fourth-order valence-corrected chi connectivity index (χ4v) is 11.8. The Morgan fingerprint density at radius 1 is 0.296 bits per heavy atom. The molecule has 3 N–H and O–H groups in total. The lowest BCUT2D eigenvalue weighted by atomic mass is 10.0. The van der Waals surface area contributed by atoms with E-state index in [2.05, 4.69) is 125 Å². The minimum absolute atomic E-state index is 0.0896. The quantitative estimate of drug-likeness (QED) is 0.0169. The number of ether oxygens (including phenoxy) is 4. The van der Waals surface area contributed by atoms with E-state index in [1.165, 1.54) is 89.9 Å². The van der Waals surface area contributed by atoms with E-state index >= 15 is 0 Å². The molecule has 98 heavy (non-hydrogen) atoms. The predicted molar refractivity (Wildman–Crippen MR) is 399 cm³/mol. The molecule has 0 aliphatic heterocycles. The summed E-state index contributed by atoms with van der Waals surface area (Å²) < 4.78 is 68.4. The Balaban J connectivity index is 5.33. The van der Waals surface area contributed by atoms with E-state index in [1.54, 1.807) is 0 Å². The Bertz CT molecular complexity index is 2240. The monoisotopic (exact) mass is 1420 g/mol. The molecule has 17 nitrogen and oxygen atoms in total.